The summed E-state index contributed by atoms with van der Waals surface area (Å²) in [6.45, 7) is 1.09. The highest BCUT2D eigenvalue weighted by Gasteiger charge is 2.28. The number of para-hydroxylation sites is 1. The van der Waals surface area contributed by atoms with Gasteiger partial charge in [0.25, 0.3) is 0 Å². The maximum absolute atomic E-state index is 2.46. The Balaban J connectivity index is 1.65. The van der Waals surface area contributed by atoms with Crippen LogP contribution >= 0.6 is 0 Å². The molecule has 106 valence electrons. The number of benzene rings is 3. The zero-order chi connectivity index (χ0) is 14.5. The Bertz CT molecular complexity index is 864. The molecule has 0 bridgehead atoms. The summed E-state index contributed by atoms with van der Waals surface area (Å²) >= 11 is 0. The van der Waals surface area contributed by atoms with E-state index in [4.69, 9.17) is 0 Å². The van der Waals surface area contributed by atoms with E-state index in [0.29, 0.717) is 0 Å². The summed E-state index contributed by atoms with van der Waals surface area (Å²) in [6.07, 6.45) is 2.25. The van der Waals surface area contributed by atoms with Gasteiger partial charge in [0.15, 0.2) is 0 Å². The number of hydrogen-bond acceptors (Lipinski definition) is 1. The predicted molar refractivity (Wildman–Crippen MR) is 91.8 cm³/mol. The van der Waals surface area contributed by atoms with E-state index in [-0.39, 0.29) is 0 Å². The first-order valence-corrected chi connectivity index (χ1v) is 7.97. The number of rotatable bonds is 1. The van der Waals surface area contributed by atoms with Crippen molar-refractivity contribution in [2.75, 3.05) is 11.4 Å². The van der Waals surface area contributed by atoms with E-state index in [2.05, 4.69) is 71.6 Å². The molecular formula is C21H17N. The van der Waals surface area contributed by atoms with Gasteiger partial charge in [-0.2, -0.15) is 0 Å². The van der Waals surface area contributed by atoms with E-state index in [1.807, 2.05) is 0 Å². The molecule has 5 rings (SSSR count). The molecule has 0 aromatic heterocycles. The van der Waals surface area contributed by atoms with Gasteiger partial charge in [0, 0.05) is 17.9 Å². The fourth-order valence-electron chi connectivity index (χ4n) is 4.01. The van der Waals surface area contributed by atoms with Crippen LogP contribution in [0.1, 0.15) is 16.7 Å². The summed E-state index contributed by atoms with van der Waals surface area (Å²) in [5, 5.41) is 0. The van der Waals surface area contributed by atoms with Crippen LogP contribution in [-0.4, -0.2) is 6.54 Å². The molecule has 3 aromatic carbocycles. The average Bonchev–Trinajstić information content (AvgIpc) is 3.16. The first-order chi connectivity index (χ1) is 10.9. The van der Waals surface area contributed by atoms with Crippen LogP contribution < -0.4 is 4.90 Å². The quantitative estimate of drug-likeness (QED) is 0.477. The van der Waals surface area contributed by atoms with Gasteiger partial charge in [-0.15, -0.1) is 0 Å². The fraction of sp³-hybridized carbons (Fsp3) is 0.143. The third-order valence-electron chi connectivity index (χ3n) is 5.03. The average molecular weight is 283 g/mol. The SMILES string of the molecule is c1ccc(N2CCc3c2ccc2c3Cc3ccccc3-2)cc1. The standard InChI is InChI=1S/C21H17N/c1-2-7-16(8-3-1)22-13-12-19-20-14-15-6-4-5-9-17(15)18(20)10-11-21(19)22/h1-11H,12-14H2. The van der Waals surface area contributed by atoms with Crippen LogP contribution in [0.15, 0.2) is 66.7 Å². The van der Waals surface area contributed by atoms with Crippen molar-refractivity contribution >= 4 is 11.4 Å². The summed E-state index contributed by atoms with van der Waals surface area (Å²) in [6, 6.07) is 24.2. The van der Waals surface area contributed by atoms with E-state index in [1.54, 1.807) is 11.1 Å². The minimum atomic E-state index is 1.09. The van der Waals surface area contributed by atoms with Crippen LogP contribution in [0.5, 0.6) is 0 Å². The lowest BCUT2D eigenvalue weighted by Gasteiger charge is -2.20. The van der Waals surface area contributed by atoms with Crippen molar-refractivity contribution < 1.29 is 0 Å². The summed E-state index contributed by atoms with van der Waals surface area (Å²) in [5.74, 6) is 0. The zero-order valence-corrected chi connectivity index (χ0v) is 12.4. The lowest BCUT2D eigenvalue weighted by atomic mass is 9.99. The highest BCUT2D eigenvalue weighted by molar-refractivity contribution is 5.83. The summed E-state index contributed by atoms with van der Waals surface area (Å²) in [5.41, 5.74) is 10.2. The van der Waals surface area contributed by atoms with E-state index in [1.165, 1.54) is 28.1 Å². The van der Waals surface area contributed by atoms with E-state index in [0.717, 1.165) is 19.4 Å². The van der Waals surface area contributed by atoms with E-state index >= 15 is 0 Å². The number of nitrogens with zero attached hydrogens (tertiary/aromatic N) is 1. The van der Waals surface area contributed by atoms with Gasteiger partial charge in [-0.1, -0.05) is 48.5 Å². The minimum absolute atomic E-state index is 1.09. The van der Waals surface area contributed by atoms with Crippen molar-refractivity contribution in [3.63, 3.8) is 0 Å². The van der Waals surface area contributed by atoms with Gasteiger partial charge in [-0.05, 0) is 58.9 Å². The molecule has 0 saturated heterocycles. The Kier molecular flexibility index (Phi) is 2.45. The largest absolute Gasteiger partial charge is 0.341 e. The summed E-state index contributed by atoms with van der Waals surface area (Å²) in [4.78, 5) is 2.46. The molecule has 0 fully saturated rings. The highest BCUT2D eigenvalue weighted by Crippen LogP contribution is 2.45. The molecule has 2 aliphatic rings. The van der Waals surface area contributed by atoms with Crippen molar-refractivity contribution in [3.8, 4) is 11.1 Å². The molecule has 1 aliphatic heterocycles. The van der Waals surface area contributed by atoms with Gasteiger partial charge in [0.05, 0.1) is 0 Å². The predicted octanol–water partition coefficient (Wildman–Crippen LogP) is 4.95. The van der Waals surface area contributed by atoms with Crippen LogP contribution in [-0.2, 0) is 12.8 Å². The molecule has 0 unspecified atom stereocenters. The summed E-state index contributed by atoms with van der Waals surface area (Å²) in [7, 11) is 0. The third kappa shape index (κ3) is 1.59. The van der Waals surface area contributed by atoms with Gasteiger partial charge in [-0.25, -0.2) is 0 Å². The minimum Gasteiger partial charge on any atom is -0.341 e. The molecule has 1 heteroatoms. The lowest BCUT2D eigenvalue weighted by molar-refractivity contribution is 0.991. The maximum atomic E-state index is 2.46. The van der Waals surface area contributed by atoms with Gasteiger partial charge in [-0.3, -0.25) is 0 Å². The topological polar surface area (TPSA) is 3.24 Å². The van der Waals surface area contributed by atoms with Crippen molar-refractivity contribution in [2.24, 2.45) is 0 Å². The van der Waals surface area contributed by atoms with Crippen molar-refractivity contribution in [1.29, 1.82) is 0 Å². The molecular weight excluding hydrogens is 266 g/mol. The third-order valence-corrected chi connectivity index (χ3v) is 5.03. The molecule has 1 heterocycles. The molecule has 1 nitrogen and oxygen atoms in total. The molecule has 0 N–H and O–H groups in total. The second-order valence-corrected chi connectivity index (χ2v) is 6.16. The second-order valence-electron chi connectivity index (χ2n) is 6.16. The normalized spacial score (nSPS) is 14.6. The molecule has 0 spiro atoms. The van der Waals surface area contributed by atoms with Crippen molar-refractivity contribution in [3.05, 3.63) is 83.4 Å². The Morgan fingerprint density at radius 1 is 0.682 bits per heavy atom. The van der Waals surface area contributed by atoms with Crippen LogP contribution in [0.3, 0.4) is 0 Å². The number of fused-ring (bicyclic) bond motifs is 5. The smallest absolute Gasteiger partial charge is 0.0447 e. The van der Waals surface area contributed by atoms with Crippen molar-refractivity contribution in [2.45, 2.75) is 12.8 Å². The van der Waals surface area contributed by atoms with Gasteiger partial charge in [0.1, 0.15) is 0 Å². The number of anilines is 2. The molecule has 0 radical (unpaired) electrons. The van der Waals surface area contributed by atoms with E-state index < -0.39 is 0 Å². The van der Waals surface area contributed by atoms with Gasteiger partial charge in [0.2, 0.25) is 0 Å². The summed E-state index contributed by atoms with van der Waals surface area (Å²) < 4.78 is 0. The molecule has 22 heavy (non-hydrogen) atoms. The first-order valence-electron chi connectivity index (χ1n) is 7.97. The Hall–Kier alpha value is -2.54. The Labute approximate surface area is 130 Å². The zero-order valence-electron chi connectivity index (χ0n) is 12.4. The highest BCUT2D eigenvalue weighted by atomic mass is 15.2. The van der Waals surface area contributed by atoms with Crippen molar-refractivity contribution in [1.82, 2.24) is 0 Å². The monoisotopic (exact) mass is 283 g/mol. The van der Waals surface area contributed by atoms with Gasteiger partial charge < -0.3 is 4.90 Å². The molecule has 0 amide bonds. The number of hydrogen-bond donors (Lipinski definition) is 0. The van der Waals surface area contributed by atoms with E-state index in [9.17, 15) is 0 Å². The first kappa shape index (κ1) is 12.0. The molecule has 0 atom stereocenters. The molecule has 1 aliphatic carbocycles. The fourth-order valence-corrected chi connectivity index (χ4v) is 4.01. The van der Waals surface area contributed by atoms with Gasteiger partial charge >= 0.3 is 0 Å². The van der Waals surface area contributed by atoms with Crippen LogP contribution in [0.25, 0.3) is 11.1 Å². The molecule has 3 aromatic rings. The molecule has 0 saturated carbocycles. The Morgan fingerprint density at radius 2 is 1.50 bits per heavy atom. The lowest BCUT2D eigenvalue weighted by Crippen LogP contribution is -2.12. The second kappa shape index (κ2) is 4.48. The maximum Gasteiger partial charge on any atom is 0.0447 e. The van der Waals surface area contributed by atoms with Crippen LogP contribution in [0.4, 0.5) is 11.4 Å². The van der Waals surface area contributed by atoms with Crippen LogP contribution in [0, 0.1) is 0 Å². The van der Waals surface area contributed by atoms with Crippen LogP contribution in [0.2, 0.25) is 0 Å². The Morgan fingerprint density at radius 3 is 2.41 bits per heavy atom.